The van der Waals surface area contributed by atoms with Gasteiger partial charge in [0.05, 0.1) is 126 Å². The Morgan fingerprint density at radius 3 is 1.64 bits per heavy atom. The third-order valence-corrected chi connectivity index (χ3v) is 7.09. The fourth-order valence-corrected chi connectivity index (χ4v) is 4.37. The molecule has 0 aliphatic heterocycles. The molecule has 1 aromatic heterocycles. The lowest BCUT2D eigenvalue weighted by Gasteiger charge is -2.09. The number of carbonyl (C=O) groups excluding carboxylic acids is 1. The molecule has 0 saturated carbocycles. The number of aromatic nitrogens is 3. The van der Waals surface area contributed by atoms with Crippen LogP contribution >= 0.6 is 0 Å². The minimum Gasteiger partial charge on any atom is -0.497 e. The van der Waals surface area contributed by atoms with E-state index in [4.69, 9.17) is 47.4 Å². The van der Waals surface area contributed by atoms with Crippen LogP contribution in [0.5, 0.6) is 11.5 Å². The molecule has 296 valence electrons. The smallest absolute Gasteiger partial charge is 0.139 e. The van der Waals surface area contributed by atoms with Crippen molar-refractivity contribution in [3.63, 3.8) is 0 Å². The predicted molar refractivity (Wildman–Crippen MR) is 184 cm³/mol. The molecule has 0 atom stereocenters. The van der Waals surface area contributed by atoms with Gasteiger partial charge in [-0.3, -0.25) is 4.79 Å². The summed E-state index contributed by atoms with van der Waals surface area (Å²) in [6.45, 7) is 7.14. The molecular weight excluding hydrogens is 707 g/mol. The Kier molecular flexibility index (Phi) is 23.0. The van der Waals surface area contributed by atoms with Crippen molar-refractivity contribution in [1.29, 1.82) is 0 Å². The van der Waals surface area contributed by atoms with Crippen LogP contribution in [0, 0.1) is 17.5 Å². The van der Waals surface area contributed by atoms with Crippen LogP contribution in [0.15, 0.2) is 42.6 Å². The number of Topliss-reactive ketones (excluding diaryl/α,β-unsaturated/α-hetero) is 1. The van der Waals surface area contributed by atoms with Gasteiger partial charge >= 0.3 is 0 Å². The molecule has 0 aliphatic rings. The monoisotopic (exact) mass is 757 g/mol. The second-order valence-electron chi connectivity index (χ2n) is 11.1. The lowest BCUT2D eigenvalue weighted by molar-refractivity contribution is -0.119. The molecule has 0 bridgehead atoms. The maximum absolute atomic E-state index is 13.6. The Labute approximate surface area is 307 Å². The number of rotatable bonds is 33. The van der Waals surface area contributed by atoms with Crippen molar-refractivity contribution in [2.75, 3.05) is 113 Å². The molecule has 0 spiro atoms. The highest BCUT2D eigenvalue weighted by Gasteiger charge is 2.15. The number of methoxy groups -OCH3 is 1. The molecule has 0 saturated heterocycles. The molecule has 3 rings (SSSR count). The third kappa shape index (κ3) is 20.4. The number of hydrogen-bond acceptors (Lipinski definition) is 13. The molecule has 14 nitrogen and oxygen atoms in total. The summed E-state index contributed by atoms with van der Waals surface area (Å²) in [4.78, 5) is 11.9. The zero-order chi connectivity index (χ0) is 37.8. The van der Waals surface area contributed by atoms with Gasteiger partial charge in [0.1, 0.15) is 47.0 Å². The molecule has 0 amide bonds. The van der Waals surface area contributed by atoms with E-state index < -0.39 is 35.2 Å². The van der Waals surface area contributed by atoms with Crippen LogP contribution in [0.2, 0.25) is 0 Å². The van der Waals surface area contributed by atoms with Gasteiger partial charge in [0.2, 0.25) is 0 Å². The molecule has 0 unspecified atom stereocenters. The van der Waals surface area contributed by atoms with Crippen LogP contribution in [0.4, 0.5) is 13.2 Å². The van der Waals surface area contributed by atoms with Crippen LogP contribution in [-0.2, 0) is 62.3 Å². The highest BCUT2D eigenvalue weighted by molar-refractivity contribution is 5.81. The van der Waals surface area contributed by atoms with Gasteiger partial charge in [-0.2, -0.15) is 0 Å². The van der Waals surface area contributed by atoms with Gasteiger partial charge in [0, 0.05) is 30.5 Å². The summed E-state index contributed by atoms with van der Waals surface area (Å²) in [6.07, 6.45) is 1.32. The molecule has 0 aliphatic carbocycles. The first-order chi connectivity index (χ1) is 25.9. The topological polar surface area (TPSA) is 140 Å². The van der Waals surface area contributed by atoms with Crippen LogP contribution < -0.4 is 9.47 Å². The van der Waals surface area contributed by atoms with Gasteiger partial charge in [0.25, 0.3) is 0 Å². The molecule has 2 aromatic carbocycles. The van der Waals surface area contributed by atoms with Crippen molar-refractivity contribution in [3.05, 3.63) is 71.3 Å². The predicted octanol–water partition coefficient (Wildman–Crippen LogP) is 3.62. The molecule has 53 heavy (non-hydrogen) atoms. The van der Waals surface area contributed by atoms with E-state index in [0.29, 0.717) is 123 Å². The number of ether oxygens (including phenoxy) is 10. The highest BCUT2D eigenvalue weighted by atomic mass is 19.1. The largest absolute Gasteiger partial charge is 0.497 e. The van der Waals surface area contributed by atoms with Crippen LogP contribution in [-0.4, -0.2) is 134 Å². The maximum Gasteiger partial charge on any atom is 0.139 e. The Morgan fingerprint density at radius 1 is 0.623 bits per heavy atom. The summed E-state index contributed by atoms with van der Waals surface area (Å²) >= 11 is 0. The van der Waals surface area contributed by atoms with E-state index in [2.05, 4.69) is 10.3 Å². The van der Waals surface area contributed by atoms with E-state index in [1.54, 1.807) is 18.0 Å². The lowest BCUT2D eigenvalue weighted by atomic mass is 10.1. The van der Waals surface area contributed by atoms with E-state index in [-0.39, 0.29) is 19.6 Å². The van der Waals surface area contributed by atoms with E-state index in [0.717, 1.165) is 11.5 Å². The summed E-state index contributed by atoms with van der Waals surface area (Å²) in [6, 6.07) is 8.48. The fraction of sp³-hybridized carbons (Fsp3) is 0.583. The lowest BCUT2D eigenvalue weighted by Crippen LogP contribution is -2.14. The van der Waals surface area contributed by atoms with E-state index >= 15 is 0 Å². The zero-order valence-electron chi connectivity index (χ0n) is 30.1. The summed E-state index contributed by atoms with van der Waals surface area (Å²) in [5.74, 6) is -2.06. The summed E-state index contributed by atoms with van der Waals surface area (Å²) < 4.78 is 96.5. The number of halogens is 3. The van der Waals surface area contributed by atoms with Gasteiger partial charge in [-0.05, 0) is 24.3 Å². The van der Waals surface area contributed by atoms with E-state index in [9.17, 15) is 18.0 Å². The first-order valence-electron chi connectivity index (χ1n) is 17.4. The average molecular weight is 758 g/mol. The summed E-state index contributed by atoms with van der Waals surface area (Å²) in [5, 5.41) is 8.16. The fourth-order valence-electron chi connectivity index (χ4n) is 4.37. The summed E-state index contributed by atoms with van der Waals surface area (Å²) in [5.41, 5.74) is 0.262. The molecule has 1 heterocycles. The Balaban J connectivity index is 1.01. The van der Waals surface area contributed by atoms with Crippen molar-refractivity contribution in [1.82, 2.24) is 15.0 Å². The standard InChI is InChI=1S/C36H50F3N3O11/c1-44-32-2-4-33(5-3-32)53-23-22-51-19-18-49-16-17-50-20-21-52-28-30-27-42(41-40-30)7-9-46-11-13-48-15-14-47-12-10-45-8-6-31(43)26-34-35(38)24-29(37)25-36(34)39/h2-5,24-25,27H,6-23,26,28H2,1H3. The quantitative estimate of drug-likeness (QED) is 0.0837. The van der Waals surface area contributed by atoms with Crippen molar-refractivity contribution in [3.8, 4) is 11.5 Å². The second-order valence-corrected chi connectivity index (χ2v) is 11.1. The first kappa shape index (κ1) is 43.7. The van der Waals surface area contributed by atoms with Crippen molar-refractivity contribution < 1.29 is 65.3 Å². The number of carbonyl (C=O) groups is 1. The third-order valence-electron chi connectivity index (χ3n) is 7.09. The minimum absolute atomic E-state index is 0.0240. The molecule has 0 fully saturated rings. The Morgan fingerprint density at radius 2 is 1.09 bits per heavy atom. The first-order valence-corrected chi connectivity index (χ1v) is 17.4. The van der Waals surface area contributed by atoms with Crippen molar-refractivity contribution >= 4 is 5.78 Å². The van der Waals surface area contributed by atoms with Crippen LogP contribution in [0.1, 0.15) is 17.7 Å². The highest BCUT2D eigenvalue weighted by Crippen LogP contribution is 2.17. The van der Waals surface area contributed by atoms with E-state index in [1.165, 1.54) is 0 Å². The normalized spacial score (nSPS) is 11.3. The van der Waals surface area contributed by atoms with Gasteiger partial charge < -0.3 is 47.4 Å². The molecule has 17 heteroatoms. The van der Waals surface area contributed by atoms with E-state index in [1.807, 2.05) is 24.3 Å². The molecule has 0 radical (unpaired) electrons. The van der Waals surface area contributed by atoms with Gasteiger partial charge in [-0.1, -0.05) is 5.21 Å². The average Bonchev–Trinajstić information content (AvgIpc) is 3.61. The minimum atomic E-state index is -1.08. The number of benzene rings is 2. The zero-order valence-corrected chi connectivity index (χ0v) is 30.1. The maximum atomic E-state index is 13.6. The number of ketones is 1. The molecule has 0 N–H and O–H groups in total. The Bertz CT molecular complexity index is 1380. The van der Waals surface area contributed by atoms with Crippen LogP contribution in [0.25, 0.3) is 0 Å². The number of hydrogen-bond donors (Lipinski definition) is 0. The summed E-state index contributed by atoms with van der Waals surface area (Å²) in [7, 11) is 1.62. The van der Waals surface area contributed by atoms with Gasteiger partial charge in [-0.15, -0.1) is 5.10 Å². The van der Waals surface area contributed by atoms with Gasteiger partial charge in [0.15, 0.2) is 0 Å². The Hall–Kier alpha value is -3.68. The molecule has 3 aromatic rings. The molecular formula is C36H50F3N3O11. The van der Waals surface area contributed by atoms with Crippen molar-refractivity contribution in [2.24, 2.45) is 0 Å². The second kappa shape index (κ2) is 27.9. The van der Waals surface area contributed by atoms with Crippen molar-refractivity contribution in [2.45, 2.75) is 26.0 Å². The van der Waals surface area contributed by atoms with Gasteiger partial charge in [-0.25, -0.2) is 17.9 Å². The number of nitrogens with zero attached hydrogens (tertiary/aromatic N) is 3. The van der Waals surface area contributed by atoms with Crippen LogP contribution in [0.3, 0.4) is 0 Å². The SMILES string of the molecule is COc1ccc(OCCOCCOCCOCCOCc2cn(CCOCCOCCOCCOCCC(=O)Cc3c(F)cc(F)cc3F)nn2)cc1.